The van der Waals surface area contributed by atoms with Crippen LogP contribution in [0.1, 0.15) is 19.3 Å². The van der Waals surface area contributed by atoms with Crippen LogP contribution in [-0.4, -0.2) is 17.3 Å². The Morgan fingerprint density at radius 3 is 2.67 bits per heavy atom. The average Bonchev–Trinajstić information content (AvgIpc) is 2.14. The van der Waals surface area contributed by atoms with E-state index in [-0.39, 0.29) is 12.1 Å². The maximum atomic E-state index is 9.34. The van der Waals surface area contributed by atoms with Crippen molar-refractivity contribution in [1.29, 1.82) is 0 Å². The highest BCUT2D eigenvalue weighted by atomic mass is 127. The van der Waals surface area contributed by atoms with Gasteiger partial charge in [0, 0.05) is 3.57 Å². The van der Waals surface area contributed by atoms with Crippen LogP contribution >= 0.6 is 22.6 Å². The van der Waals surface area contributed by atoms with Crippen LogP contribution in [0.15, 0.2) is 18.2 Å². The highest BCUT2D eigenvalue weighted by Gasteiger charge is 2.36. The molecule has 1 saturated carbocycles. The lowest BCUT2D eigenvalue weighted by molar-refractivity contribution is 0.144. The number of halogens is 1. The molecule has 0 spiro atoms. The first-order valence-electron chi connectivity index (χ1n) is 5.09. The van der Waals surface area contributed by atoms with Crippen LogP contribution in [0.3, 0.4) is 0 Å². The van der Waals surface area contributed by atoms with Crippen LogP contribution in [0.5, 0.6) is 0 Å². The molecule has 2 rings (SSSR count). The molecule has 1 aliphatic rings. The summed E-state index contributed by atoms with van der Waals surface area (Å²) in [7, 11) is 0. The zero-order chi connectivity index (χ0) is 10.9. The molecular formula is C11H15IN2O. The summed E-state index contributed by atoms with van der Waals surface area (Å²) < 4.78 is 1.13. The van der Waals surface area contributed by atoms with E-state index in [0.29, 0.717) is 0 Å². The average molecular weight is 318 g/mol. The molecule has 15 heavy (non-hydrogen) atoms. The Morgan fingerprint density at radius 1 is 1.47 bits per heavy atom. The molecule has 0 amide bonds. The van der Waals surface area contributed by atoms with Crippen LogP contribution in [0.4, 0.5) is 11.4 Å². The van der Waals surface area contributed by atoms with Crippen LogP contribution in [0, 0.1) is 3.57 Å². The monoisotopic (exact) mass is 318 g/mol. The second kappa shape index (κ2) is 4.17. The van der Waals surface area contributed by atoms with Gasteiger partial charge in [0.1, 0.15) is 0 Å². The van der Waals surface area contributed by atoms with Gasteiger partial charge in [0.15, 0.2) is 0 Å². The standard InChI is InChI=1S/C11H15IN2O/c12-8-2-3-10(9(13)6-8)14-11(7-15)4-1-5-11/h2-3,6,14-15H,1,4-5,7,13H2. The van der Waals surface area contributed by atoms with Gasteiger partial charge in [0.25, 0.3) is 0 Å². The molecule has 0 aromatic heterocycles. The van der Waals surface area contributed by atoms with Crippen molar-refractivity contribution in [2.75, 3.05) is 17.7 Å². The van der Waals surface area contributed by atoms with Gasteiger partial charge in [0.2, 0.25) is 0 Å². The maximum Gasteiger partial charge on any atom is 0.0661 e. The van der Waals surface area contributed by atoms with Gasteiger partial charge in [0.05, 0.1) is 23.5 Å². The molecule has 1 aromatic carbocycles. The van der Waals surface area contributed by atoms with Crippen molar-refractivity contribution in [2.24, 2.45) is 0 Å². The molecule has 0 heterocycles. The smallest absolute Gasteiger partial charge is 0.0661 e. The third kappa shape index (κ3) is 2.20. The van der Waals surface area contributed by atoms with E-state index in [1.54, 1.807) is 0 Å². The van der Waals surface area contributed by atoms with Gasteiger partial charge in [-0.25, -0.2) is 0 Å². The minimum Gasteiger partial charge on any atom is -0.397 e. The summed E-state index contributed by atoms with van der Waals surface area (Å²) in [6.07, 6.45) is 3.22. The van der Waals surface area contributed by atoms with Gasteiger partial charge >= 0.3 is 0 Å². The van der Waals surface area contributed by atoms with Gasteiger partial charge in [-0.2, -0.15) is 0 Å². The zero-order valence-electron chi connectivity index (χ0n) is 8.46. The number of nitrogens with one attached hydrogen (secondary N) is 1. The van der Waals surface area contributed by atoms with E-state index >= 15 is 0 Å². The summed E-state index contributed by atoms with van der Waals surface area (Å²) >= 11 is 2.23. The van der Waals surface area contributed by atoms with E-state index in [0.717, 1.165) is 27.8 Å². The summed E-state index contributed by atoms with van der Waals surface area (Å²) in [6, 6.07) is 5.93. The topological polar surface area (TPSA) is 58.3 Å². The van der Waals surface area contributed by atoms with E-state index < -0.39 is 0 Å². The number of nitrogen functional groups attached to an aromatic ring is 1. The Labute approximate surface area is 103 Å². The summed E-state index contributed by atoms with van der Waals surface area (Å²) in [5.41, 5.74) is 7.47. The third-order valence-corrected chi connectivity index (χ3v) is 3.70. The van der Waals surface area contributed by atoms with Gasteiger partial charge in [-0.3, -0.25) is 0 Å². The molecule has 1 aromatic rings. The van der Waals surface area contributed by atoms with E-state index in [4.69, 9.17) is 5.73 Å². The number of hydrogen-bond donors (Lipinski definition) is 3. The molecule has 0 saturated heterocycles. The van der Waals surface area contributed by atoms with E-state index in [1.807, 2.05) is 18.2 Å². The van der Waals surface area contributed by atoms with Crippen LogP contribution in [0.25, 0.3) is 0 Å². The maximum absolute atomic E-state index is 9.34. The first-order valence-corrected chi connectivity index (χ1v) is 6.17. The predicted molar refractivity (Wildman–Crippen MR) is 70.9 cm³/mol. The first-order chi connectivity index (χ1) is 7.15. The summed E-state index contributed by atoms with van der Waals surface area (Å²) in [5, 5.41) is 12.7. The fourth-order valence-corrected chi connectivity index (χ4v) is 2.37. The fraction of sp³-hybridized carbons (Fsp3) is 0.455. The number of anilines is 2. The van der Waals surface area contributed by atoms with Gasteiger partial charge in [-0.05, 0) is 60.1 Å². The van der Waals surface area contributed by atoms with E-state index in [1.165, 1.54) is 6.42 Å². The Hall–Kier alpha value is -0.490. The summed E-state index contributed by atoms with van der Waals surface area (Å²) in [4.78, 5) is 0. The van der Waals surface area contributed by atoms with Crippen molar-refractivity contribution in [3.05, 3.63) is 21.8 Å². The Kier molecular flexibility index (Phi) is 3.06. The number of hydrogen-bond acceptors (Lipinski definition) is 3. The molecule has 1 aliphatic carbocycles. The molecule has 82 valence electrons. The third-order valence-electron chi connectivity index (χ3n) is 3.03. The highest BCUT2D eigenvalue weighted by Crippen LogP contribution is 2.36. The summed E-state index contributed by atoms with van der Waals surface area (Å²) in [6.45, 7) is 0.179. The molecule has 3 nitrogen and oxygen atoms in total. The fourth-order valence-electron chi connectivity index (χ4n) is 1.86. The quantitative estimate of drug-likeness (QED) is 0.591. The molecule has 1 fully saturated rings. The van der Waals surface area contributed by atoms with Gasteiger partial charge in [-0.1, -0.05) is 0 Å². The van der Waals surface area contributed by atoms with Crippen molar-refractivity contribution in [3.8, 4) is 0 Å². The van der Waals surface area contributed by atoms with Crippen LogP contribution in [0.2, 0.25) is 0 Å². The van der Waals surface area contributed by atoms with Crippen molar-refractivity contribution < 1.29 is 5.11 Å². The second-order valence-corrected chi connectivity index (χ2v) is 5.39. The second-order valence-electron chi connectivity index (χ2n) is 4.15. The summed E-state index contributed by atoms with van der Waals surface area (Å²) in [5.74, 6) is 0. The van der Waals surface area contributed by atoms with E-state index in [9.17, 15) is 5.11 Å². The van der Waals surface area contributed by atoms with Crippen molar-refractivity contribution in [3.63, 3.8) is 0 Å². The number of benzene rings is 1. The minimum atomic E-state index is -0.124. The Bertz CT molecular complexity index is 358. The molecular weight excluding hydrogens is 303 g/mol. The Morgan fingerprint density at radius 2 is 2.20 bits per heavy atom. The number of rotatable bonds is 3. The SMILES string of the molecule is Nc1cc(I)ccc1NC1(CO)CCC1. The number of aliphatic hydroxyl groups excluding tert-OH is 1. The van der Waals surface area contributed by atoms with Crippen LogP contribution in [-0.2, 0) is 0 Å². The molecule has 4 heteroatoms. The predicted octanol–water partition coefficient (Wildman–Crippen LogP) is 2.20. The molecule has 0 aliphatic heterocycles. The number of nitrogens with two attached hydrogens (primary N) is 1. The van der Waals surface area contributed by atoms with Gasteiger partial charge < -0.3 is 16.2 Å². The molecule has 0 bridgehead atoms. The van der Waals surface area contributed by atoms with Crippen molar-refractivity contribution in [1.82, 2.24) is 0 Å². The lowest BCUT2D eigenvalue weighted by Crippen LogP contribution is -2.48. The highest BCUT2D eigenvalue weighted by molar-refractivity contribution is 14.1. The lowest BCUT2D eigenvalue weighted by atomic mass is 9.77. The zero-order valence-corrected chi connectivity index (χ0v) is 10.6. The molecule has 4 N–H and O–H groups in total. The normalized spacial score (nSPS) is 18.3. The number of aliphatic hydroxyl groups is 1. The van der Waals surface area contributed by atoms with E-state index in [2.05, 4.69) is 27.9 Å². The largest absolute Gasteiger partial charge is 0.397 e. The Balaban J connectivity index is 2.16. The van der Waals surface area contributed by atoms with Crippen LogP contribution < -0.4 is 11.1 Å². The van der Waals surface area contributed by atoms with Crippen molar-refractivity contribution in [2.45, 2.75) is 24.8 Å². The molecule has 0 radical (unpaired) electrons. The van der Waals surface area contributed by atoms with Crippen molar-refractivity contribution >= 4 is 34.0 Å². The lowest BCUT2D eigenvalue weighted by Gasteiger charge is -2.42. The minimum absolute atomic E-state index is 0.124. The molecule has 0 unspecified atom stereocenters. The first kappa shape index (κ1) is 11.0. The molecule has 0 atom stereocenters. The van der Waals surface area contributed by atoms with Gasteiger partial charge in [-0.15, -0.1) is 0 Å².